The number of benzene rings is 2. The minimum absolute atomic E-state index is 0. The Balaban J connectivity index is 0.00000240. The summed E-state index contributed by atoms with van der Waals surface area (Å²) in [7, 11) is 0. The molecule has 4 rings (SSSR count). The van der Waals surface area contributed by atoms with E-state index in [1.54, 1.807) is 11.6 Å². The molecule has 2 aromatic carbocycles. The van der Waals surface area contributed by atoms with Gasteiger partial charge in [-0.25, -0.2) is 4.68 Å². The third-order valence-electron chi connectivity index (χ3n) is 4.59. The summed E-state index contributed by atoms with van der Waals surface area (Å²) in [5.41, 5.74) is 8.73. The van der Waals surface area contributed by atoms with E-state index in [2.05, 4.69) is 15.6 Å². The number of hydrogen-bond donors (Lipinski definition) is 2. The molecule has 1 aromatic heterocycles. The lowest BCUT2D eigenvalue weighted by Gasteiger charge is -2.18. The molecule has 152 valence electrons. The zero-order valence-electron chi connectivity index (χ0n) is 15.9. The molecule has 3 N–H and O–H groups in total. The van der Waals surface area contributed by atoms with Crippen LogP contribution >= 0.6 is 12.4 Å². The average molecular weight is 416 g/mol. The van der Waals surface area contributed by atoms with Crippen LogP contribution in [0.15, 0.2) is 48.5 Å². The second kappa shape index (κ2) is 8.93. The largest absolute Gasteiger partial charge is 0.486 e. The van der Waals surface area contributed by atoms with Crippen molar-refractivity contribution < 1.29 is 14.3 Å². The zero-order chi connectivity index (χ0) is 19.5. The van der Waals surface area contributed by atoms with Gasteiger partial charge in [0.05, 0.1) is 11.4 Å². The third kappa shape index (κ3) is 4.33. The van der Waals surface area contributed by atoms with E-state index in [0.29, 0.717) is 37.0 Å². The highest BCUT2D eigenvalue weighted by Crippen LogP contribution is 2.32. The lowest BCUT2D eigenvalue weighted by atomic mass is 10.1. The first-order chi connectivity index (χ1) is 13.6. The molecule has 0 radical (unpaired) electrons. The quantitative estimate of drug-likeness (QED) is 0.662. The van der Waals surface area contributed by atoms with E-state index in [9.17, 15) is 4.79 Å². The van der Waals surface area contributed by atoms with E-state index in [-0.39, 0.29) is 30.0 Å². The molecule has 1 unspecified atom stereocenters. The van der Waals surface area contributed by atoms with Gasteiger partial charge in [0.1, 0.15) is 13.2 Å². The fourth-order valence-electron chi connectivity index (χ4n) is 3.05. The Morgan fingerprint density at radius 2 is 1.90 bits per heavy atom. The van der Waals surface area contributed by atoms with E-state index in [1.165, 1.54) is 0 Å². The lowest BCUT2D eigenvalue weighted by Crippen LogP contribution is -2.32. The van der Waals surface area contributed by atoms with E-state index >= 15 is 0 Å². The number of ether oxygens (including phenoxy) is 2. The van der Waals surface area contributed by atoms with Gasteiger partial charge < -0.3 is 20.5 Å². The van der Waals surface area contributed by atoms with Crippen molar-refractivity contribution in [1.29, 1.82) is 0 Å². The van der Waals surface area contributed by atoms with Crippen LogP contribution in [0.2, 0.25) is 0 Å². The number of carbonyl (C=O) groups excluding carboxylic acids is 1. The van der Waals surface area contributed by atoms with Gasteiger partial charge in [-0.1, -0.05) is 35.5 Å². The molecular formula is C20H22ClN5O3. The molecule has 2 heterocycles. The van der Waals surface area contributed by atoms with E-state index in [4.69, 9.17) is 15.2 Å². The Morgan fingerprint density at radius 1 is 1.17 bits per heavy atom. The Morgan fingerprint density at radius 3 is 2.66 bits per heavy atom. The first kappa shape index (κ1) is 20.6. The van der Waals surface area contributed by atoms with Crippen LogP contribution in [0.5, 0.6) is 11.5 Å². The van der Waals surface area contributed by atoms with Crippen molar-refractivity contribution in [2.45, 2.75) is 13.0 Å². The number of nitrogens with zero attached hydrogens (tertiary/aromatic N) is 3. The number of carbonyl (C=O) groups is 1. The molecule has 0 aliphatic carbocycles. The van der Waals surface area contributed by atoms with Crippen LogP contribution in [0.3, 0.4) is 0 Å². The maximum Gasteiger partial charge on any atom is 0.273 e. The minimum atomic E-state index is -0.312. The van der Waals surface area contributed by atoms with Crippen molar-refractivity contribution in [2.75, 3.05) is 19.8 Å². The monoisotopic (exact) mass is 415 g/mol. The Labute approximate surface area is 174 Å². The number of nitrogens with one attached hydrogen (secondary N) is 1. The molecule has 1 aliphatic heterocycles. The highest BCUT2D eigenvalue weighted by atomic mass is 35.5. The SMILES string of the molecule is Cc1c(C(=O)NCC(N)c2ccccc2)nnn1-c1ccc2c(c1)OCCO2.Cl. The third-order valence-corrected chi connectivity index (χ3v) is 4.59. The molecular weight excluding hydrogens is 394 g/mol. The number of nitrogens with two attached hydrogens (primary N) is 1. The van der Waals surface area contributed by atoms with Gasteiger partial charge in [0, 0.05) is 18.7 Å². The van der Waals surface area contributed by atoms with Gasteiger partial charge >= 0.3 is 0 Å². The maximum absolute atomic E-state index is 12.6. The van der Waals surface area contributed by atoms with E-state index < -0.39 is 0 Å². The Hall–Kier alpha value is -3.10. The van der Waals surface area contributed by atoms with Crippen molar-refractivity contribution in [2.24, 2.45) is 5.73 Å². The number of aromatic nitrogens is 3. The summed E-state index contributed by atoms with van der Waals surface area (Å²) in [6.45, 7) is 3.13. The number of hydrogen-bond acceptors (Lipinski definition) is 6. The van der Waals surface area contributed by atoms with Gasteiger partial charge in [-0.3, -0.25) is 4.79 Å². The molecule has 0 spiro atoms. The summed E-state index contributed by atoms with van der Waals surface area (Å²) >= 11 is 0. The molecule has 1 amide bonds. The second-order valence-electron chi connectivity index (χ2n) is 6.49. The van der Waals surface area contributed by atoms with Gasteiger partial charge in [-0.05, 0) is 24.6 Å². The van der Waals surface area contributed by atoms with Crippen LogP contribution in [-0.4, -0.2) is 40.7 Å². The number of halogens is 1. The van der Waals surface area contributed by atoms with E-state index in [0.717, 1.165) is 11.3 Å². The fraction of sp³-hybridized carbons (Fsp3) is 0.250. The maximum atomic E-state index is 12.6. The second-order valence-corrected chi connectivity index (χ2v) is 6.49. The Kier molecular flexibility index (Phi) is 6.36. The zero-order valence-corrected chi connectivity index (χ0v) is 16.7. The van der Waals surface area contributed by atoms with Crippen molar-refractivity contribution in [3.8, 4) is 17.2 Å². The predicted octanol–water partition coefficient (Wildman–Crippen LogP) is 2.20. The molecule has 0 saturated heterocycles. The molecule has 1 aliphatic rings. The van der Waals surface area contributed by atoms with Gasteiger partial charge in [0.15, 0.2) is 17.2 Å². The Bertz CT molecular complexity index is 993. The molecule has 9 heteroatoms. The van der Waals surface area contributed by atoms with Crippen LogP contribution in [0.25, 0.3) is 5.69 Å². The molecule has 0 fully saturated rings. The summed E-state index contributed by atoms with van der Waals surface area (Å²) in [5, 5.41) is 11.0. The molecule has 0 bridgehead atoms. The van der Waals surface area contributed by atoms with Gasteiger partial charge in [-0.2, -0.15) is 0 Å². The molecule has 29 heavy (non-hydrogen) atoms. The smallest absolute Gasteiger partial charge is 0.273 e. The van der Waals surface area contributed by atoms with E-state index in [1.807, 2.05) is 48.5 Å². The van der Waals surface area contributed by atoms with Crippen molar-refractivity contribution in [3.05, 3.63) is 65.5 Å². The molecule has 1 atom stereocenters. The minimum Gasteiger partial charge on any atom is -0.486 e. The number of amides is 1. The first-order valence-corrected chi connectivity index (χ1v) is 9.04. The summed E-state index contributed by atoms with van der Waals surface area (Å²) in [4.78, 5) is 12.6. The predicted molar refractivity (Wildman–Crippen MR) is 110 cm³/mol. The normalized spacial score (nSPS) is 13.3. The fourth-order valence-corrected chi connectivity index (χ4v) is 3.05. The van der Waals surface area contributed by atoms with Gasteiger partial charge in [-0.15, -0.1) is 17.5 Å². The van der Waals surface area contributed by atoms with Crippen LogP contribution < -0.4 is 20.5 Å². The lowest BCUT2D eigenvalue weighted by molar-refractivity contribution is 0.0945. The van der Waals surface area contributed by atoms with Crippen molar-refractivity contribution in [1.82, 2.24) is 20.3 Å². The van der Waals surface area contributed by atoms with Crippen LogP contribution in [0.4, 0.5) is 0 Å². The summed E-state index contributed by atoms with van der Waals surface area (Å²) in [6, 6.07) is 14.8. The summed E-state index contributed by atoms with van der Waals surface area (Å²) < 4.78 is 12.7. The first-order valence-electron chi connectivity index (χ1n) is 9.04. The van der Waals surface area contributed by atoms with Gasteiger partial charge in [0.25, 0.3) is 5.91 Å². The number of fused-ring (bicyclic) bond motifs is 1. The van der Waals surface area contributed by atoms with Crippen molar-refractivity contribution >= 4 is 18.3 Å². The van der Waals surface area contributed by atoms with Crippen LogP contribution in [0.1, 0.15) is 27.8 Å². The van der Waals surface area contributed by atoms with Gasteiger partial charge in [0.2, 0.25) is 0 Å². The summed E-state index contributed by atoms with van der Waals surface area (Å²) in [6.07, 6.45) is 0. The van der Waals surface area contributed by atoms with Crippen molar-refractivity contribution in [3.63, 3.8) is 0 Å². The average Bonchev–Trinajstić information content (AvgIpc) is 3.13. The topological polar surface area (TPSA) is 104 Å². The standard InChI is InChI=1S/C20H21N5O3.ClH/c1-13-19(20(26)22-12-16(21)14-5-3-2-4-6-14)23-24-25(13)15-7-8-17-18(11-15)28-10-9-27-17;/h2-8,11,16H,9-10,12,21H2,1H3,(H,22,26);1H. The number of rotatable bonds is 5. The highest BCUT2D eigenvalue weighted by Gasteiger charge is 2.20. The highest BCUT2D eigenvalue weighted by molar-refractivity contribution is 5.93. The molecule has 8 nitrogen and oxygen atoms in total. The summed E-state index contributed by atoms with van der Waals surface area (Å²) in [5.74, 6) is 1.03. The van der Waals surface area contributed by atoms with Crippen LogP contribution in [-0.2, 0) is 0 Å². The molecule has 3 aromatic rings. The molecule has 0 saturated carbocycles. The van der Waals surface area contributed by atoms with Crippen LogP contribution in [0, 0.1) is 6.92 Å².